The molecule has 0 aromatic carbocycles. The van der Waals surface area contributed by atoms with Crippen molar-refractivity contribution < 1.29 is 14.3 Å². The van der Waals surface area contributed by atoms with Gasteiger partial charge in [-0.25, -0.2) is 0 Å². The third-order valence-corrected chi connectivity index (χ3v) is 4.76. The van der Waals surface area contributed by atoms with E-state index < -0.39 is 0 Å². The van der Waals surface area contributed by atoms with Crippen molar-refractivity contribution in [1.29, 1.82) is 0 Å². The molecule has 0 spiro atoms. The van der Waals surface area contributed by atoms with Crippen molar-refractivity contribution in [2.75, 3.05) is 26.2 Å². The van der Waals surface area contributed by atoms with Crippen LogP contribution in [0.1, 0.15) is 44.9 Å². The van der Waals surface area contributed by atoms with Gasteiger partial charge in [-0.15, -0.1) is 0 Å². The monoisotopic (exact) mass is 280 g/mol. The molecule has 5 nitrogen and oxygen atoms in total. The van der Waals surface area contributed by atoms with Gasteiger partial charge < -0.3 is 14.5 Å². The normalized spacial score (nSPS) is 31.4. The van der Waals surface area contributed by atoms with Gasteiger partial charge in [-0.2, -0.15) is 0 Å². The van der Waals surface area contributed by atoms with Gasteiger partial charge >= 0.3 is 0 Å². The Morgan fingerprint density at radius 3 is 2.80 bits per heavy atom. The number of rotatable bonds is 3. The lowest BCUT2D eigenvalue weighted by Gasteiger charge is -2.34. The summed E-state index contributed by atoms with van der Waals surface area (Å²) >= 11 is 0. The molecule has 0 aliphatic carbocycles. The molecule has 3 saturated heterocycles. The van der Waals surface area contributed by atoms with Crippen molar-refractivity contribution in [3.63, 3.8) is 0 Å². The summed E-state index contributed by atoms with van der Waals surface area (Å²) in [7, 11) is 0. The first kappa shape index (κ1) is 13.9. The molecule has 0 aromatic rings. The molecule has 3 rings (SSSR count). The smallest absolute Gasteiger partial charge is 0.245 e. The van der Waals surface area contributed by atoms with Gasteiger partial charge in [0.25, 0.3) is 0 Å². The zero-order valence-corrected chi connectivity index (χ0v) is 12.1. The molecule has 3 aliphatic rings. The molecule has 20 heavy (non-hydrogen) atoms. The summed E-state index contributed by atoms with van der Waals surface area (Å²) in [6, 6.07) is -0.191. The summed E-state index contributed by atoms with van der Waals surface area (Å²) in [6.07, 6.45) is 6.86. The Morgan fingerprint density at radius 1 is 1.10 bits per heavy atom. The van der Waals surface area contributed by atoms with E-state index in [-0.39, 0.29) is 17.9 Å². The standard InChI is InChI=1S/C15H24N2O3/c18-14-7-10-16(9-6-12-4-3-11-20-12)15(19)13-5-1-2-8-17(13)14/h12-13H,1-11H2. The zero-order chi connectivity index (χ0) is 13.9. The summed E-state index contributed by atoms with van der Waals surface area (Å²) in [5, 5.41) is 0. The fourth-order valence-corrected chi connectivity index (χ4v) is 3.58. The van der Waals surface area contributed by atoms with E-state index in [9.17, 15) is 9.59 Å². The summed E-state index contributed by atoms with van der Waals surface area (Å²) in [5.41, 5.74) is 0. The highest BCUT2D eigenvalue weighted by Gasteiger charge is 2.37. The Balaban J connectivity index is 1.62. The van der Waals surface area contributed by atoms with Gasteiger partial charge in [0, 0.05) is 32.7 Å². The second kappa shape index (κ2) is 6.12. The SMILES string of the molecule is O=C1C2CCCCN2C(=O)CCN1CCC1CCCO1. The number of piperidine rings is 1. The van der Waals surface area contributed by atoms with Crippen molar-refractivity contribution in [2.45, 2.75) is 57.1 Å². The van der Waals surface area contributed by atoms with E-state index in [4.69, 9.17) is 4.74 Å². The number of amides is 2. The molecule has 112 valence electrons. The minimum Gasteiger partial charge on any atom is -0.378 e. The molecule has 2 atom stereocenters. The van der Waals surface area contributed by atoms with E-state index in [1.54, 1.807) is 0 Å². The zero-order valence-electron chi connectivity index (χ0n) is 12.1. The number of hydrogen-bond acceptors (Lipinski definition) is 3. The third-order valence-electron chi connectivity index (χ3n) is 4.76. The second-order valence-corrected chi connectivity index (χ2v) is 6.10. The molecular weight excluding hydrogens is 256 g/mol. The summed E-state index contributed by atoms with van der Waals surface area (Å²) in [6.45, 7) is 2.93. The Hall–Kier alpha value is -1.10. The van der Waals surface area contributed by atoms with Crippen molar-refractivity contribution >= 4 is 11.8 Å². The van der Waals surface area contributed by atoms with Gasteiger partial charge in [-0.05, 0) is 38.5 Å². The minimum atomic E-state index is -0.191. The third kappa shape index (κ3) is 2.82. The summed E-state index contributed by atoms with van der Waals surface area (Å²) < 4.78 is 5.62. The van der Waals surface area contributed by atoms with Crippen LogP contribution in [0, 0.1) is 0 Å². The van der Waals surface area contributed by atoms with Crippen molar-refractivity contribution in [2.24, 2.45) is 0 Å². The van der Waals surface area contributed by atoms with Crippen LogP contribution >= 0.6 is 0 Å². The first-order chi connectivity index (χ1) is 9.75. The minimum absolute atomic E-state index is 0.155. The molecule has 0 aromatic heterocycles. The van der Waals surface area contributed by atoms with Crippen LogP contribution in [0.4, 0.5) is 0 Å². The molecule has 3 aliphatic heterocycles. The highest BCUT2D eigenvalue weighted by Crippen LogP contribution is 2.24. The topological polar surface area (TPSA) is 49.9 Å². The molecular formula is C15H24N2O3. The maximum Gasteiger partial charge on any atom is 0.245 e. The van der Waals surface area contributed by atoms with Gasteiger partial charge in [0.05, 0.1) is 6.10 Å². The van der Waals surface area contributed by atoms with Crippen LogP contribution in [0.25, 0.3) is 0 Å². The molecule has 2 amide bonds. The molecule has 0 radical (unpaired) electrons. The lowest BCUT2D eigenvalue weighted by molar-refractivity contribution is -0.143. The van der Waals surface area contributed by atoms with E-state index >= 15 is 0 Å². The number of nitrogens with zero attached hydrogens (tertiary/aromatic N) is 2. The van der Waals surface area contributed by atoms with Gasteiger partial charge in [0.2, 0.25) is 11.8 Å². The van der Waals surface area contributed by atoms with Crippen LogP contribution in [0.2, 0.25) is 0 Å². The highest BCUT2D eigenvalue weighted by atomic mass is 16.5. The van der Waals surface area contributed by atoms with E-state index in [0.717, 1.165) is 58.2 Å². The van der Waals surface area contributed by atoms with Crippen molar-refractivity contribution in [3.8, 4) is 0 Å². The lowest BCUT2D eigenvalue weighted by atomic mass is 10.0. The van der Waals surface area contributed by atoms with E-state index in [2.05, 4.69) is 0 Å². The molecule has 0 N–H and O–H groups in total. The number of ether oxygens (including phenoxy) is 1. The first-order valence-corrected chi connectivity index (χ1v) is 7.95. The van der Waals surface area contributed by atoms with Crippen LogP contribution in [0.5, 0.6) is 0 Å². The average Bonchev–Trinajstić information content (AvgIpc) is 2.96. The van der Waals surface area contributed by atoms with Crippen LogP contribution in [0.15, 0.2) is 0 Å². The maximum absolute atomic E-state index is 12.6. The molecule has 0 saturated carbocycles. The molecule has 3 heterocycles. The van der Waals surface area contributed by atoms with Gasteiger partial charge in [0.15, 0.2) is 0 Å². The highest BCUT2D eigenvalue weighted by molar-refractivity contribution is 5.90. The Morgan fingerprint density at radius 2 is 2.00 bits per heavy atom. The van der Waals surface area contributed by atoms with Gasteiger partial charge in [-0.3, -0.25) is 9.59 Å². The van der Waals surface area contributed by atoms with Gasteiger partial charge in [0.1, 0.15) is 6.04 Å². The Kier molecular flexibility index (Phi) is 4.24. The number of carbonyl (C=O) groups excluding carboxylic acids is 2. The van der Waals surface area contributed by atoms with Crippen molar-refractivity contribution in [3.05, 3.63) is 0 Å². The van der Waals surface area contributed by atoms with E-state index in [1.807, 2.05) is 9.80 Å². The summed E-state index contributed by atoms with van der Waals surface area (Å²) in [4.78, 5) is 28.5. The van der Waals surface area contributed by atoms with Gasteiger partial charge in [-0.1, -0.05) is 0 Å². The molecule has 5 heteroatoms. The predicted molar refractivity (Wildman–Crippen MR) is 74.1 cm³/mol. The number of carbonyl (C=O) groups is 2. The predicted octanol–water partition coefficient (Wildman–Crippen LogP) is 1.17. The van der Waals surface area contributed by atoms with Crippen LogP contribution in [-0.4, -0.2) is 60.0 Å². The molecule has 3 fully saturated rings. The average molecular weight is 280 g/mol. The quantitative estimate of drug-likeness (QED) is 0.780. The fraction of sp³-hybridized carbons (Fsp3) is 0.867. The van der Waals surface area contributed by atoms with E-state index in [1.165, 1.54) is 0 Å². The Labute approximate surface area is 120 Å². The first-order valence-electron chi connectivity index (χ1n) is 7.95. The van der Waals surface area contributed by atoms with E-state index in [0.29, 0.717) is 19.1 Å². The maximum atomic E-state index is 12.6. The fourth-order valence-electron chi connectivity index (χ4n) is 3.58. The molecule has 2 unspecified atom stereocenters. The Bertz CT molecular complexity index is 379. The lowest BCUT2D eigenvalue weighted by Crippen LogP contribution is -2.50. The second-order valence-electron chi connectivity index (χ2n) is 6.10. The van der Waals surface area contributed by atoms with Crippen molar-refractivity contribution in [1.82, 2.24) is 9.80 Å². The van der Waals surface area contributed by atoms with Crippen LogP contribution < -0.4 is 0 Å². The van der Waals surface area contributed by atoms with Crippen LogP contribution in [0.3, 0.4) is 0 Å². The molecule has 0 bridgehead atoms. The largest absolute Gasteiger partial charge is 0.378 e. The number of fused-ring (bicyclic) bond motifs is 1. The van der Waals surface area contributed by atoms with Crippen LogP contribution in [-0.2, 0) is 14.3 Å². The summed E-state index contributed by atoms with van der Waals surface area (Å²) in [5.74, 6) is 0.316. The number of hydrogen-bond donors (Lipinski definition) is 0.